The summed E-state index contributed by atoms with van der Waals surface area (Å²) in [4.78, 5) is 0. The van der Waals surface area contributed by atoms with Crippen LogP contribution in [0.1, 0.15) is 53.4 Å². The normalized spacial score (nSPS) is 36.0. The highest BCUT2D eigenvalue weighted by molar-refractivity contribution is 5.31. The fourth-order valence-corrected chi connectivity index (χ4v) is 4.37. The summed E-state index contributed by atoms with van der Waals surface area (Å²) < 4.78 is 12.1. The Morgan fingerprint density at radius 3 is 2.41 bits per heavy atom. The molecule has 3 rings (SSSR count). The van der Waals surface area contributed by atoms with Crippen LogP contribution in [0.2, 0.25) is 0 Å². The molecule has 0 bridgehead atoms. The highest BCUT2D eigenvalue weighted by Gasteiger charge is 2.68. The third-order valence-corrected chi connectivity index (χ3v) is 6.14. The lowest BCUT2D eigenvalue weighted by Crippen LogP contribution is -2.41. The maximum absolute atomic E-state index is 9.03. The molecule has 1 spiro atoms. The first-order valence-electron chi connectivity index (χ1n) is 8.85. The van der Waals surface area contributed by atoms with Crippen molar-refractivity contribution in [2.45, 2.75) is 64.6 Å². The molecular formula is C19H32O3. The Morgan fingerprint density at radius 2 is 1.77 bits per heavy atom. The van der Waals surface area contributed by atoms with Crippen molar-refractivity contribution < 1.29 is 14.6 Å². The maximum Gasteiger partial charge on any atom is 0.0648 e. The SMILES string of the molecule is CC(C)(CCO)OCCC(C)(C)OCC1CC23CC2C=CC13. The van der Waals surface area contributed by atoms with Crippen LogP contribution in [-0.2, 0) is 9.47 Å². The fraction of sp³-hybridized carbons (Fsp3) is 0.895. The molecule has 0 amide bonds. The van der Waals surface area contributed by atoms with E-state index >= 15 is 0 Å². The Hall–Kier alpha value is -0.380. The summed E-state index contributed by atoms with van der Waals surface area (Å²) in [5.74, 6) is 2.44. The van der Waals surface area contributed by atoms with Crippen molar-refractivity contribution in [1.29, 1.82) is 0 Å². The van der Waals surface area contributed by atoms with E-state index in [9.17, 15) is 0 Å². The smallest absolute Gasteiger partial charge is 0.0648 e. The molecule has 3 aliphatic carbocycles. The van der Waals surface area contributed by atoms with E-state index in [4.69, 9.17) is 14.6 Å². The Bertz CT molecular complexity index is 440. The molecule has 0 aromatic heterocycles. The van der Waals surface area contributed by atoms with Crippen molar-refractivity contribution in [2.24, 2.45) is 23.2 Å². The second-order valence-corrected chi connectivity index (χ2v) is 8.82. The number of aliphatic hydroxyl groups excluding tert-OH is 1. The molecule has 2 saturated carbocycles. The van der Waals surface area contributed by atoms with Crippen molar-refractivity contribution in [3.63, 3.8) is 0 Å². The third-order valence-electron chi connectivity index (χ3n) is 6.14. The highest BCUT2D eigenvalue weighted by Crippen LogP contribution is 2.75. The van der Waals surface area contributed by atoms with Crippen molar-refractivity contribution in [2.75, 3.05) is 19.8 Å². The highest BCUT2D eigenvalue weighted by atomic mass is 16.5. The third kappa shape index (κ3) is 3.13. The van der Waals surface area contributed by atoms with E-state index in [2.05, 4.69) is 26.0 Å². The van der Waals surface area contributed by atoms with Crippen molar-refractivity contribution in [3.8, 4) is 0 Å². The van der Waals surface area contributed by atoms with Gasteiger partial charge in [0.1, 0.15) is 0 Å². The van der Waals surface area contributed by atoms with Crippen LogP contribution in [0.25, 0.3) is 0 Å². The molecule has 0 aliphatic heterocycles. The summed E-state index contributed by atoms with van der Waals surface area (Å²) in [7, 11) is 0. The summed E-state index contributed by atoms with van der Waals surface area (Å²) in [6.45, 7) is 10.1. The number of rotatable bonds is 9. The van der Waals surface area contributed by atoms with Crippen LogP contribution < -0.4 is 0 Å². The second kappa shape index (κ2) is 5.61. The summed E-state index contributed by atoms with van der Waals surface area (Å²) in [6.07, 6.45) is 9.25. The van der Waals surface area contributed by atoms with E-state index in [1.54, 1.807) is 0 Å². The molecule has 4 atom stereocenters. The topological polar surface area (TPSA) is 38.7 Å². The van der Waals surface area contributed by atoms with Gasteiger partial charge in [-0.25, -0.2) is 0 Å². The van der Waals surface area contributed by atoms with Crippen LogP contribution >= 0.6 is 0 Å². The van der Waals surface area contributed by atoms with Gasteiger partial charge in [0, 0.05) is 6.61 Å². The van der Waals surface area contributed by atoms with Crippen molar-refractivity contribution >= 4 is 0 Å². The standard InChI is InChI=1S/C19H32O3/c1-17(2,7-9-20)21-10-8-18(3,4)22-13-14-11-19-12-15(19)5-6-16(14)19/h5-6,14-16,20H,7-13H2,1-4H3. The monoisotopic (exact) mass is 308 g/mol. The molecule has 2 fully saturated rings. The minimum atomic E-state index is -0.249. The minimum Gasteiger partial charge on any atom is -0.396 e. The molecule has 22 heavy (non-hydrogen) atoms. The average Bonchev–Trinajstić information content (AvgIpc) is 3.04. The number of ether oxygens (including phenoxy) is 2. The van der Waals surface area contributed by atoms with Gasteiger partial charge in [-0.2, -0.15) is 0 Å². The molecule has 1 N–H and O–H groups in total. The molecule has 3 aliphatic rings. The van der Waals surface area contributed by atoms with E-state index in [0.717, 1.165) is 30.8 Å². The quantitative estimate of drug-likeness (QED) is 0.662. The summed E-state index contributed by atoms with van der Waals surface area (Å²) in [6, 6.07) is 0. The zero-order chi connectivity index (χ0) is 16.0. The number of allylic oxidation sites excluding steroid dienone is 2. The van der Waals surface area contributed by atoms with Gasteiger partial charge in [0.15, 0.2) is 0 Å². The van der Waals surface area contributed by atoms with Gasteiger partial charge in [-0.1, -0.05) is 12.2 Å². The van der Waals surface area contributed by atoms with Gasteiger partial charge in [-0.3, -0.25) is 0 Å². The fourth-order valence-electron chi connectivity index (χ4n) is 4.37. The molecule has 0 heterocycles. The zero-order valence-electron chi connectivity index (χ0n) is 14.6. The van der Waals surface area contributed by atoms with Crippen LogP contribution in [0, 0.1) is 23.2 Å². The van der Waals surface area contributed by atoms with Crippen LogP contribution in [0.3, 0.4) is 0 Å². The number of aliphatic hydroxyl groups is 1. The molecule has 0 saturated heterocycles. The van der Waals surface area contributed by atoms with Crippen LogP contribution in [-0.4, -0.2) is 36.1 Å². The molecule has 0 radical (unpaired) electrons. The van der Waals surface area contributed by atoms with E-state index < -0.39 is 0 Å². The molecule has 0 aromatic rings. The Morgan fingerprint density at radius 1 is 1.05 bits per heavy atom. The van der Waals surface area contributed by atoms with Crippen LogP contribution in [0.5, 0.6) is 0 Å². The molecular weight excluding hydrogens is 276 g/mol. The Kier molecular flexibility index (Phi) is 4.20. The lowest BCUT2D eigenvalue weighted by atomic mass is 9.63. The van der Waals surface area contributed by atoms with Crippen molar-refractivity contribution in [3.05, 3.63) is 12.2 Å². The molecule has 4 unspecified atom stereocenters. The van der Waals surface area contributed by atoms with Crippen molar-refractivity contribution in [1.82, 2.24) is 0 Å². The molecule has 3 heteroatoms. The predicted molar refractivity (Wildman–Crippen MR) is 87.7 cm³/mol. The van der Waals surface area contributed by atoms with Gasteiger partial charge in [0.2, 0.25) is 0 Å². The van der Waals surface area contributed by atoms with E-state index in [1.807, 2.05) is 13.8 Å². The lowest BCUT2D eigenvalue weighted by molar-refractivity contribution is -0.103. The van der Waals surface area contributed by atoms with Gasteiger partial charge in [0.05, 0.1) is 24.4 Å². The number of hydrogen-bond donors (Lipinski definition) is 1. The zero-order valence-corrected chi connectivity index (χ0v) is 14.6. The number of hydrogen-bond acceptors (Lipinski definition) is 3. The molecule has 3 nitrogen and oxygen atoms in total. The van der Waals surface area contributed by atoms with Gasteiger partial charge in [-0.15, -0.1) is 0 Å². The summed E-state index contributed by atoms with van der Waals surface area (Å²) >= 11 is 0. The Balaban J connectivity index is 1.36. The average molecular weight is 308 g/mol. The Labute approximate surface area is 135 Å². The summed E-state index contributed by atoms with van der Waals surface area (Å²) in [5, 5.41) is 9.03. The molecule has 0 aromatic carbocycles. The van der Waals surface area contributed by atoms with E-state index in [0.29, 0.717) is 18.4 Å². The van der Waals surface area contributed by atoms with Gasteiger partial charge in [-0.05, 0) is 76.5 Å². The van der Waals surface area contributed by atoms with E-state index in [-0.39, 0.29) is 17.8 Å². The second-order valence-electron chi connectivity index (χ2n) is 8.82. The van der Waals surface area contributed by atoms with E-state index in [1.165, 1.54) is 12.8 Å². The maximum atomic E-state index is 9.03. The molecule has 126 valence electrons. The van der Waals surface area contributed by atoms with Crippen LogP contribution in [0.4, 0.5) is 0 Å². The predicted octanol–water partition coefficient (Wildman–Crippen LogP) is 3.56. The first-order valence-corrected chi connectivity index (χ1v) is 8.85. The summed E-state index contributed by atoms with van der Waals surface area (Å²) in [5.41, 5.74) is 0.305. The largest absolute Gasteiger partial charge is 0.396 e. The lowest BCUT2D eigenvalue weighted by Gasteiger charge is -2.44. The first-order chi connectivity index (χ1) is 10.3. The minimum absolute atomic E-state index is 0.136. The van der Waals surface area contributed by atoms with Gasteiger partial charge < -0.3 is 14.6 Å². The first kappa shape index (κ1) is 16.5. The van der Waals surface area contributed by atoms with Gasteiger partial charge >= 0.3 is 0 Å². The van der Waals surface area contributed by atoms with Crippen LogP contribution in [0.15, 0.2) is 12.2 Å². The van der Waals surface area contributed by atoms with Gasteiger partial charge in [0.25, 0.3) is 0 Å².